The number of aliphatic hydroxyl groups is 1. The lowest BCUT2D eigenvalue weighted by Gasteiger charge is -2.13. The van der Waals surface area contributed by atoms with E-state index in [4.69, 9.17) is 4.74 Å². The monoisotopic (exact) mass is 291 g/mol. The average Bonchev–Trinajstić information content (AvgIpc) is 2.40. The summed E-state index contributed by atoms with van der Waals surface area (Å²) in [7, 11) is 0. The highest BCUT2D eigenvalue weighted by Crippen LogP contribution is 2.36. The van der Waals surface area contributed by atoms with Gasteiger partial charge in [0.05, 0.1) is 11.0 Å². The number of hydrogen-bond acceptors (Lipinski definition) is 4. The van der Waals surface area contributed by atoms with Crippen molar-refractivity contribution in [3.05, 3.63) is 63.5 Å². The second kappa shape index (κ2) is 5.88. The number of hydrogen-bond donors (Lipinski definition) is 1. The number of aliphatic hydroxyl groups excluding tert-OH is 1. The first-order valence-electron chi connectivity index (χ1n) is 6.29. The van der Waals surface area contributed by atoms with Gasteiger partial charge in [0, 0.05) is 11.1 Å². The Balaban J connectivity index is 2.49. The Bertz CT molecular complexity index is 685. The smallest absolute Gasteiger partial charge is 0.314 e. The number of aryl methyl sites for hydroxylation is 1. The van der Waals surface area contributed by atoms with E-state index in [9.17, 15) is 19.6 Å². The van der Waals surface area contributed by atoms with Gasteiger partial charge in [-0.3, -0.25) is 10.1 Å². The number of nitro benzene ring substituents is 1. The molecule has 0 saturated carbocycles. The quantitative estimate of drug-likeness (QED) is 0.685. The first-order chi connectivity index (χ1) is 9.90. The van der Waals surface area contributed by atoms with E-state index >= 15 is 0 Å². The van der Waals surface area contributed by atoms with Crippen LogP contribution in [0.5, 0.6) is 11.5 Å². The topological polar surface area (TPSA) is 72.6 Å². The minimum absolute atomic E-state index is 0.0495. The highest BCUT2D eigenvalue weighted by Gasteiger charge is 2.20. The Kier molecular flexibility index (Phi) is 4.18. The van der Waals surface area contributed by atoms with Crippen molar-refractivity contribution in [2.24, 2.45) is 0 Å². The Morgan fingerprint density at radius 2 is 2.00 bits per heavy atom. The van der Waals surface area contributed by atoms with E-state index in [1.807, 2.05) is 0 Å². The van der Waals surface area contributed by atoms with Gasteiger partial charge in [-0.05, 0) is 38.1 Å². The molecule has 6 heteroatoms. The van der Waals surface area contributed by atoms with Crippen LogP contribution in [0.25, 0.3) is 0 Å². The number of para-hydroxylation sites is 1. The highest BCUT2D eigenvalue weighted by molar-refractivity contribution is 5.54. The normalized spacial score (nSPS) is 12.0. The molecule has 0 amide bonds. The first kappa shape index (κ1) is 14.9. The Labute approximate surface area is 120 Å². The summed E-state index contributed by atoms with van der Waals surface area (Å²) < 4.78 is 18.8. The lowest BCUT2D eigenvalue weighted by molar-refractivity contribution is -0.386. The van der Waals surface area contributed by atoms with Crippen LogP contribution in [-0.4, -0.2) is 10.0 Å². The molecule has 5 nitrogen and oxygen atoms in total. The molecule has 110 valence electrons. The number of ether oxygens (including phenoxy) is 1. The highest BCUT2D eigenvalue weighted by atomic mass is 19.1. The maximum atomic E-state index is 13.2. The third kappa shape index (κ3) is 3.17. The largest absolute Gasteiger partial charge is 0.450 e. The molecular weight excluding hydrogens is 277 g/mol. The fourth-order valence-electron chi connectivity index (χ4n) is 2.01. The van der Waals surface area contributed by atoms with Crippen molar-refractivity contribution in [3.63, 3.8) is 0 Å². The zero-order chi connectivity index (χ0) is 15.6. The van der Waals surface area contributed by atoms with Crippen molar-refractivity contribution >= 4 is 5.69 Å². The van der Waals surface area contributed by atoms with Gasteiger partial charge in [-0.2, -0.15) is 0 Å². The Morgan fingerprint density at radius 3 is 2.62 bits per heavy atom. The molecule has 0 aromatic heterocycles. The van der Waals surface area contributed by atoms with Gasteiger partial charge in [0.15, 0.2) is 0 Å². The molecule has 0 aliphatic carbocycles. The maximum absolute atomic E-state index is 13.2. The molecule has 2 rings (SSSR count). The molecule has 0 spiro atoms. The zero-order valence-electron chi connectivity index (χ0n) is 11.5. The summed E-state index contributed by atoms with van der Waals surface area (Å²) >= 11 is 0. The minimum atomic E-state index is -0.959. The first-order valence-corrected chi connectivity index (χ1v) is 6.29. The van der Waals surface area contributed by atoms with Crippen molar-refractivity contribution in [3.8, 4) is 11.5 Å². The van der Waals surface area contributed by atoms with Crippen molar-refractivity contribution in [2.75, 3.05) is 0 Å². The number of nitrogens with zero attached hydrogens (tertiary/aromatic N) is 1. The molecule has 0 bridgehead atoms. The minimum Gasteiger partial charge on any atom is -0.450 e. The molecule has 0 saturated heterocycles. The van der Waals surface area contributed by atoms with Crippen LogP contribution in [0.1, 0.15) is 24.2 Å². The van der Waals surface area contributed by atoms with Gasteiger partial charge in [0.25, 0.3) is 0 Å². The fraction of sp³-hybridized carbons (Fsp3) is 0.200. The maximum Gasteiger partial charge on any atom is 0.314 e. The summed E-state index contributed by atoms with van der Waals surface area (Å²) in [5.41, 5.74) is 0.530. The van der Waals surface area contributed by atoms with Crippen LogP contribution in [0.15, 0.2) is 36.4 Å². The van der Waals surface area contributed by atoms with Crippen molar-refractivity contribution in [1.29, 1.82) is 0 Å². The third-order valence-electron chi connectivity index (χ3n) is 3.03. The number of halogens is 1. The van der Waals surface area contributed by atoms with Gasteiger partial charge >= 0.3 is 5.69 Å². The number of nitro groups is 1. The molecule has 2 aromatic carbocycles. The Hall–Kier alpha value is -2.47. The van der Waals surface area contributed by atoms with Gasteiger partial charge in [0.2, 0.25) is 5.75 Å². The standard InChI is InChI=1S/C15H14FNO4/c1-9-4-3-5-14(15(9)17(19)20)21-13-7-6-11(16)8-12(13)10(2)18/h3-8,10,18H,1-2H3/t10-/m0/s1. The van der Waals surface area contributed by atoms with Crippen LogP contribution in [0.3, 0.4) is 0 Å². The summed E-state index contributed by atoms with van der Waals surface area (Å²) in [6.45, 7) is 3.07. The zero-order valence-corrected chi connectivity index (χ0v) is 11.5. The van der Waals surface area contributed by atoms with Crippen LogP contribution in [0, 0.1) is 22.9 Å². The van der Waals surface area contributed by atoms with Crippen molar-refractivity contribution in [2.45, 2.75) is 20.0 Å². The van der Waals surface area contributed by atoms with E-state index in [0.717, 1.165) is 6.07 Å². The van der Waals surface area contributed by atoms with Crippen LogP contribution in [0.2, 0.25) is 0 Å². The van der Waals surface area contributed by atoms with Gasteiger partial charge < -0.3 is 9.84 Å². The molecule has 0 unspecified atom stereocenters. The van der Waals surface area contributed by atoms with E-state index < -0.39 is 16.8 Å². The van der Waals surface area contributed by atoms with Crippen LogP contribution in [0.4, 0.5) is 10.1 Å². The number of rotatable bonds is 4. The van der Waals surface area contributed by atoms with Crippen LogP contribution < -0.4 is 4.74 Å². The third-order valence-corrected chi connectivity index (χ3v) is 3.03. The van der Waals surface area contributed by atoms with Gasteiger partial charge in [-0.15, -0.1) is 0 Å². The predicted molar refractivity (Wildman–Crippen MR) is 74.9 cm³/mol. The van der Waals surface area contributed by atoms with Crippen molar-refractivity contribution < 1.29 is 19.2 Å². The second-order valence-corrected chi connectivity index (χ2v) is 4.64. The molecule has 1 N–H and O–H groups in total. The molecule has 2 aromatic rings. The second-order valence-electron chi connectivity index (χ2n) is 4.64. The molecule has 0 fully saturated rings. The van der Waals surface area contributed by atoms with Crippen molar-refractivity contribution in [1.82, 2.24) is 0 Å². The SMILES string of the molecule is Cc1cccc(Oc2ccc(F)cc2[C@H](C)O)c1[N+](=O)[O-]. The summed E-state index contributed by atoms with van der Waals surface area (Å²) in [5, 5.41) is 20.8. The van der Waals surface area contributed by atoms with E-state index in [2.05, 4.69) is 0 Å². The lowest BCUT2D eigenvalue weighted by atomic mass is 10.1. The predicted octanol–water partition coefficient (Wildman–Crippen LogP) is 3.89. The molecule has 0 aliphatic heterocycles. The molecule has 0 radical (unpaired) electrons. The Morgan fingerprint density at radius 1 is 1.29 bits per heavy atom. The summed E-state index contributed by atoms with van der Waals surface area (Å²) in [5.74, 6) is -0.286. The fourth-order valence-corrected chi connectivity index (χ4v) is 2.01. The summed E-state index contributed by atoms with van der Waals surface area (Å²) in [6, 6.07) is 8.34. The average molecular weight is 291 g/mol. The van der Waals surface area contributed by atoms with Gasteiger partial charge in [0.1, 0.15) is 11.6 Å². The molecule has 0 aliphatic rings. The molecule has 1 atom stereocenters. The van der Waals surface area contributed by atoms with E-state index in [1.165, 1.54) is 25.1 Å². The van der Waals surface area contributed by atoms with E-state index in [1.54, 1.807) is 19.1 Å². The van der Waals surface area contributed by atoms with Crippen LogP contribution in [-0.2, 0) is 0 Å². The molecule has 21 heavy (non-hydrogen) atoms. The summed E-state index contributed by atoms with van der Waals surface area (Å²) in [4.78, 5) is 10.6. The van der Waals surface area contributed by atoms with Crippen LogP contribution >= 0.6 is 0 Å². The lowest BCUT2D eigenvalue weighted by Crippen LogP contribution is -2.00. The number of benzene rings is 2. The van der Waals surface area contributed by atoms with Gasteiger partial charge in [-0.1, -0.05) is 12.1 Å². The van der Waals surface area contributed by atoms with E-state index in [-0.39, 0.29) is 22.7 Å². The summed E-state index contributed by atoms with van der Waals surface area (Å²) in [6.07, 6.45) is -0.959. The molecular formula is C15H14FNO4. The van der Waals surface area contributed by atoms with Gasteiger partial charge in [-0.25, -0.2) is 4.39 Å². The molecule has 0 heterocycles. The van der Waals surface area contributed by atoms with E-state index in [0.29, 0.717) is 5.56 Å².